The van der Waals surface area contributed by atoms with Gasteiger partial charge in [-0.25, -0.2) is 4.79 Å². The van der Waals surface area contributed by atoms with E-state index < -0.39 is 12.1 Å². The Kier molecular flexibility index (Phi) is 3.45. The summed E-state index contributed by atoms with van der Waals surface area (Å²) in [5, 5.41) is 18.1. The van der Waals surface area contributed by atoms with Crippen molar-refractivity contribution in [3.05, 3.63) is 11.6 Å². The molecule has 0 aromatic rings. The Bertz CT molecular complexity index is 216. The first-order chi connectivity index (χ1) is 6.11. The van der Waals surface area contributed by atoms with E-state index in [1.54, 1.807) is 0 Å². The van der Waals surface area contributed by atoms with E-state index in [1.165, 1.54) is 13.0 Å². The third-order valence-electron chi connectivity index (χ3n) is 2.10. The number of carboxylic acid groups (broad SMARTS) is 1. The molecule has 0 aromatic carbocycles. The fourth-order valence-electron chi connectivity index (χ4n) is 1.31. The normalized spacial score (nSPS) is 26.0. The molecular formula is C9H14O4. The van der Waals surface area contributed by atoms with Crippen molar-refractivity contribution in [2.45, 2.75) is 32.0 Å². The highest BCUT2D eigenvalue weighted by molar-refractivity contribution is 5.85. The van der Waals surface area contributed by atoms with Crippen LogP contribution in [0, 0.1) is 0 Å². The lowest BCUT2D eigenvalue weighted by Gasteiger charge is -2.13. The highest BCUT2D eigenvalue weighted by Crippen LogP contribution is 2.17. The van der Waals surface area contributed by atoms with Gasteiger partial charge in [-0.05, 0) is 25.8 Å². The summed E-state index contributed by atoms with van der Waals surface area (Å²) in [4.78, 5) is 10.4. The highest BCUT2D eigenvalue weighted by Gasteiger charge is 2.22. The number of aliphatic hydroxyl groups is 1. The van der Waals surface area contributed by atoms with Crippen molar-refractivity contribution in [3.63, 3.8) is 0 Å². The van der Waals surface area contributed by atoms with E-state index in [9.17, 15) is 9.90 Å². The zero-order chi connectivity index (χ0) is 9.84. The number of carboxylic acids is 1. The van der Waals surface area contributed by atoms with Gasteiger partial charge in [0.1, 0.15) is 0 Å². The molecule has 4 nitrogen and oxygen atoms in total. The van der Waals surface area contributed by atoms with Crippen molar-refractivity contribution in [3.8, 4) is 0 Å². The van der Waals surface area contributed by atoms with Crippen molar-refractivity contribution in [2.75, 3.05) is 6.61 Å². The Morgan fingerprint density at radius 1 is 1.69 bits per heavy atom. The predicted octanol–water partition coefficient (Wildman–Crippen LogP) is 0.557. The van der Waals surface area contributed by atoms with E-state index in [2.05, 4.69) is 0 Å². The molecule has 1 aliphatic heterocycles. The summed E-state index contributed by atoms with van der Waals surface area (Å²) in [7, 11) is 0. The number of aliphatic carboxylic acids is 1. The van der Waals surface area contributed by atoms with Gasteiger partial charge in [0.2, 0.25) is 0 Å². The Morgan fingerprint density at radius 3 is 2.85 bits per heavy atom. The molecule has 1 fully saturated rings. The average molecular weight is 186 g/mol. The van der Waals surface area contributed by atoms with Crippen LogP contribution in [0.25, 0.3) is 0 Å². The quantitative estimate of drug-likeness (QED) is 0.632. The zero-order valence-electron chi connectivity index (χ0n) is 7.56. The summed E-state index contributed by atoms with van der Waals surface area (Å²) in [6.07, 6.45) is 2.04. The minimum Gasteiger partial charge on any atom is -0.478 e. The van der Waals surface area contributed by atoms with Crippen LogP contribution in [0.3, 0.4) is 0 Å². The third-order valence-corrected chi connectivity index (χ3v) is 2.10. The van der Waals surface area contributed by atoms with Crippen molar-refractivity contribution < 1.29 is 19.7 Å². The monoisotopic (exact) mass is 186 g/mol. The Hall–Kier alpha value is -0.870. The Morgan fingerprint density at radius 2 is 2.38 bits per heavy atom. The summed E-state index contributed by atoms with van der Waals surface area (Å²) in [6, 6.07) is 0. The van der Waals surface area contributed by atoms with E-state index in [4.69, 9.17) is 9.84 Å². The van der Waals surface area contributed by atoms with Crippen LogP contribution in [0.4, 0.5) is 0 Å². The molecule has 0 aromatic heterocycles. The average Bonchev–Trinajstić information content (AvgIpc) is 2.55. The predicted molar refractivity (Wildman–Crippen MR) is 46.4 cm³/mol. The van der Waals surface area contributed by atoms with Gasteiger partial charge in [0.15, 0.2) is 0 Å². The van der Waals surface area contributed by atoms with E-state index in [1.807, 2.05) is 0 Å². The molecule has 1 aliphatic rings. The molecule has 0 aliphatic carbocycles. The molecule has 0 saturated carbocycles. The van der Waals surface area contributed by atoms with Crippen LogP contribution in [0.1, 0.15) is 19.8 Å². The first-order valence-electron chi connectivity index (χ1n) is 4.32. The SMILES string of the molecule is CC(=CC(O)C1CCCO1)C(=O)O. The van der Waals surface area contributed by atoms with Crippen LogP contribution in [0.5, 0.6) is 0 Å². The Labute approximate surface area is 76.8 Å². The lowest BCUT2D eigenvalue weighted by Crippen LogP contribution is -2.23. The van der Waals surface area contributed by atoms with Gasteiger partial charge in [-0.2, -0.15) is 0 Å². The van der Waals surface area contributed by atoms with Crippen molar-refractivity contribution >= 4 is 5.97 Å². The van der Waals surface area contributed by atoms with E-state index in [-0.39, 0.29) is 11.7 Å². The largest absolute Gasteiger partial charge is 0.478 e. The molecule has 2 atom stereocenters. The maximum Gasteiger partial charge on any atom is 0.331 e. The van der Waals surface area contributed by atoms with Crippen LogP contribution in [0.15, 0.2) is 11.6 Å². The molecule has 4 heteroatoms. The van der Waals surface area contributed by atoms with Gasteiger partial charge < -0.3 is 14.9 Å². The molecule has 0 spiro atoms. The second-order valence-corrected chi connectivity index (χ2v) is 3.20. The second kappa shape index (κ2) is 4.39. The van der Waals surface area contributed by atoms with Crippen molar-refractivity contribution in [1.29, 1.82) is 0 Å². The molecule has 13 heavy (non-hydrogen) atoms. The molecule has 0 amide bonds. The van der Waals surface area contributed by atoms with E-state index in [0.29, 0.717) is 6.61 Å². The smallest absolute Gasteiger partial charge is 0.331 e. The van der Waals surface area contributed by atoms with Gasteiger partial charge in [-0.15, -0.1) is 0 Å². The molecule has 1 heterocycles. The maximum atomic E-state index is 10.4. The minimum absolute atomic E-state index is 0.156. The molecule has 0 radical (unpaired) electrons. The number of hydrogen-bond acceptors (Lipinski definition) is 3. The topological polar surface area (TPSA) is 66.8 Å². The highest BCUT2D eigenvalue weighted by atomic mass is 16.5. The molecule has 2 N–H and O–H groups in total. The van der Waals surface area contributed by atoms with Crippen molar-refractivity contribution in [1.82, 2.24) is 0 Å². The van der Waals surface area contributed by atoms with Crippen LogP contribution in [0.2, 0.25) is 0 Å². The van der Waals surface area contributed by atoms with Gasteiger partial charge in [-0.3, -0.25) is 0 Å². The van der Waals surface area contributed by atoms with Gasteiger partial charge in [0.25, 0.3) is 0 Å². The molecule has 0 bridgehead atoms. The maximum absolute atomic E-state index is 10.4. The molecule has 74 valence electrons. The van der Waals surface area contributed by atoms with Crippen LogP contribution >= 0.6 is 0 Å². The molecule has 2 unspecified atom stereocenters. The molecule has 1 saturated heterocycles. The lowest BCUT2D eigenvalue weighted by molar-refractivity contribution is -0.132. The number of ether oxygens (including phenoxy) is 1. The van der Waals surface area contributed by atoms with Gasteiger partial charge >= 0.3 is 5.97 Å². The van der Waals surface area contributed by atoms with Gasteiger partial charge in [0.05, 0.1) is 12.2 Å². The van der Waals surface area contributed by atoms with Crippen LogP contribution in [-0.2, 0) is 9.53 Å². The summed E-state index contributed by atoms with van der Waals surface area (Å²) in [5.74, 6) is -1.00. The lowest BCUT2D eigenvalue weighted by atomic mass is 10.1. The summed E-state index contributed by atoms with van der Waals surface area (Å²) in [5.41, 5.74) is 0.156. The Balaban J connectivity index is 2.51. The first-order valence-corrected chi connectivity index (χ1v) is 4.32. The zero-order valence-corrected chi connectivity index (χ0v) is 7.56. The van der Waals surface area contributed by atoms with Gasteiger partial charge in [-0.1, -0.05) is 0 Å². The fourth-order valence-corrected chi connectivity index (χ4v) is 1.31. The first kappa shape index (κ1) is 10.2. The summed E-state index contributed by atoms with van der Waals surface area (Å²) in [6.45, 7) is 2.11. The van der Waals surface area contributed by atoms with E-state index >= 15 is 0 Å². The third kappa shape index (κ3) is 2.82. The van der Waals surface area contributed by atoms with Crippen LogP contribution in [-0.4, -0.2) is 35.0 Å². The van der Waals surface area contributed by atoms with Crippen LogP contribution < -0.4 is 0 Å². The number of rotatable bonds is 3. The van der Waals surface area contributed by atoms with Gasteiger partial charge in [0, 0.05) is 12.2 Å². The summed E-state index contributed by atoms with van der Waals surface area (Å²) >= 11 is 0. The fraction of sp³-hybridized carbons (Fsp3) is 0.667. The second-order valence-electron chi connectivity index (χ2n) is 3.20. The molecule has 1 rings (SSSR count). The van der Waals surface area contributed by atoms with Crippen molar-refractivity contribution in [2.24, 2.45) is 0 Å². The summed E-state index contributed by atoms with van der Waals surface area (Å²) < 4.78 is 5.21. The van der Waals surface area contributed by atoms with E-state index in [0.717, 1.165) is 12.8 Å². The number of aliphatic hydroxyl groups excluding tert-OH is 1. The minimum atomic E-state index is -1.00. The molecular weight excluding hydrogens is 172 g/mol. The standard InChI is InChI=1S/C9H14O4/c1-6(9(11)12)5-7(10)8-3-2-4-13-8/h5,7-8,10H,2-4H2,1H3,(H,11,12). The number of carbonyl (C=O) groups is 1. The number of hydrogen-bond donors (Lipinski definition) is 2.